The third-order valence-electron chi connectivity index (χ3n) is 5.49. The van der Waals surface area contributed by atoms with E-state index in [0.717, 1.165) is 42.9 Å². The number of rotatable bonds is 6. The van der Waals surface area contributed by atoms with Crippen molar-refractivity contribution in [3.8, 4) is 0 Å². The number of aryl methyl sites for hydroxylation is 2. The monoisotopic (exact) mass is 401 g/mol. The predicted octanol–water partition coefficient (Wildman–Crippen LogP) is 4.26. The van der Waals surface area contributed by atoms with Crippen LogP contribution in [0.1, 0.15) is 42.0 Å². The summed E-state index contributed by atoms with van der Waals surface area (Å²) in [4.78, 5) is 28.1. The second kappa shape index (κ2) is 9.48. The molecule has 0 saturated carbocycles. The second-order valence-corrected chi connectivity index (χ2v) is 7.82. The molecule has 0 aliphatic carbocycles. The van der Waals surface area contributed by atoms with Crippen molar-refractivity contribution in [1.82, 2.24) is 19.9 Å². The Morgan fingerprint density at radius 2 is 2.00 bits per heavy atom. The zero-order chi connectivity index (χ0) is 20.8. The van der Waals surface area contributed by atoms with E-state index in [1.807, 2.05) is 54.4 Å². The number of carbonyl (C=O) groups is 1. The molecule has 1 amide bonds. The molecule has 1 saturated heterocycles. The first-order valence-electron chi connectivity index (χ1n) is 10.5. The number of anilines is 2. The number of nitrogens with one attached hydrogen (secondary N) is 1. The molecule has 6 nitrogen and oxygen atoms in total. The largest absolute Gasteiger partial charge is 0.342 e. The quantitative estimate of drug-likeness (QED) is 0.668. The minimum atomic E-state index is 0.222. The SMILES string of the molecule is Cc1ccc(Nc2nccc(C3CCCN(C(=O)CCc4ccccc4)C3)n2)nc1. The molecule has 3 aromatic rings. The van der Waals surface area contributed by atoms with E-state index >= 15 is 0 Å². The van der Waals surface area contributed by atoms with Crippen LogP contribution in [0.2, 0.25) is 0 Å². The maximum Gasteiger partial charge on any atom is 0.228 e. The van der Waals surface area contributed by atoms with Crippen molar-refractivity contribution in [2.75, 3.05) is 18.4 Å². The number of aromatic nitrogens is 3. The van der Waals surface area contributed by atoms with Crippen molar-refractivity contribution in [2.45, 2.75) is 38.5 Å². The molecule has 0 spiro atoms. The van der Waals surface area contributed by atoms with Crippen molar-refractivity contribution in [3.05, 3.63) is 77.7 Å². The van der Waals surface area contributed by atoms with Gasteiger partial charge in [-0.1, -0.05) is 36.4 Å². The number of piperidine rings is 1. The Morgan fingerprint density at radius 3 is 2.80 bits per heavy atom. The van der Waals surface area contributed by atoms with Gasteiger partial charge in [0, 0.05) is 37.8 Å². The Hall–Kier alpha value is -3.28. The van der Waals surface area contributed by atoms with Crippen LogP contribution in [0.5, 0.6) is 0 Å². The smallest absolute Gasteiger partial charge is 0.228 e. The van der Waals surface area contributed by atoms with Crippen molar-refractivity contribution in [3.63, 3.8) is 0 Å². The highest BCUT2D eigenvalue weighted by Crippen LogP contribution is 2.27. The third kappa shape index (κ3) is 5.20. The van der Waals surface area contributed by atoms with E-state index in [0.29, 0.717) is 18.9 Å². The van der Waals surface area contributed by atoms with Gasteiger partial charge in [0.05, 0.1) is 5.69 Å². The van der Waals surface area contributed by atoms with Crippen LogP contribution in [0.3, 0.4) is 0 Å². The molecular formula is C24H27N5O. The Balaban J connectivity index is 1.38. The van der Waals surface area contributed by atoms with E-state index < -0.39 is 0 Å². The summed E-state index contributed by atoms with van der Waals surface area (Å²) in [7, 11) is 0. The minimum Gasteiger partial charge on any atom is -0.342 e. The molecule has 2 aromatic heterocycles. The summed E-state index contributed by atoms with van der Waals surface area (Å²) in [5.41, 5.74) is 3.28. The number of benzene rings is 1. The van der Waals surface area contributed by atoms with Gasteiger partial charge in [0.25, 0.3) is 0 Å². The number of likely N-dealkylation sites (tertiary alicyclic amines) is 1. The van der Waals surface area contributed by atoms with Gasteiger partial charge >= 0.3 is 0 Å². The molecule has 30 heavy (non-hydrogen) atoms. The number of hydrogen-bond donors (Lipinski definition) is 1. The van der Waals surface area contributed by atoms with Gasteiger partial charge in [-0.15, -0.1) is 0 Å². The molecular weight excluding hydrogens is 374 g/mol. The van der Waals surface area contributed by atoms with E-state index in [2.05, 4.69) is 27.4 Å². The van der Waals surface area contributed by atoms with Crippen LogP contribution in [0.25, 0.3) is 0 Å². The summed E-state index contributed by atoms with van der Waals surface area (Å²) in [6.07, 6.45) is 6.94. The molecule has 1 aliphatic heterocycles. The standard InChI is InChI=1S/C24H27N5O/c1-18-9-11-22(26-16-18)28-24-25-14-13-21(27-24)20-8-5-15-29(17-20)23(30)12-10-19-6-3-2-4-7-19/h2-4,6-7,9,11,13-14,16,20H,5,8,10,12,15,17H2,1H3,(H,25,26,27,28). The van der Waals surface area contributed by atoms with Crippen molar-refractivity contribution in [1.29, 1.82) is 0 Å². The number of carbonyl (C=O) groups excluding carboxylic acids is 1. The number of pyridine rings is 1. The van der Waals surface area contributed by atoms with Crippen LogP contribution in [0, 0.1) is 6.92 Å². The highest BCUT2D eigenvalue weighted by Gasteiger charge is 2.25. The Morgan fingerprint density at radius 1 is 1.13 bits per heavy atom. The van der Waals surface area contributed by atoms with Crippen molar-refractivity contribution in [2.24, 2.45) is 0 Å². The first-order valence-corrected chi connectivity index (χ1v) is 10.5. The van der Waals surface area contributed by atoms with Gasteiger partial charge in [0.2, 0.25) is 11.9 Å². The fourth-order valence-electron chi connectivity index (χ4n) is 3.82. The van der Waals surface area contributed by atoms with Crippen LogP contribution in [-0.2, 0) is 11.2 Å². The molecule has 4 rings (SSSR count). The minimum absolute atomic E-state index is 0.222. The van der Waals surface area contributed by atoms with E-state index in [4.69, 9.17) is 4.98 Å². The third-order valence-corrected chi connectivity index (χ3v) is 5.49. The Kier molecular flexibility index (Phi) is 6.32. The number of hydrogen-bond acceptors (Lipinski definition) is 5. The van der Waals surface area contributed by atoms with Gasteiger partial charge in [-0.05, 0) is 49.4 Å². The first-order chi connectivity index (χ1) is 14.7. The lowest BCUT2D eigenvalue weighted by atomic mass is 9.94. The average Bonchev–Trinajstić information content (AvgIpc) is 2.80. The molecule has 1 aromatic carbocycles. The van der Waals surface area contributed by atoms with Crippen molar-refractivity contribution < 1.29 is 4.79 Å². The molecule has 1 fully saturated rings. The topological polar surface area (TPSA) is 71.0 Å². The molecule has 154 valence electrons. The predicted molar refractivity (Wildman–Crippen MR) is 118 cm³/mol. The summed E-state index contributed by atoms with van der Waals surface area (Å²) in [6.45, 7) is 3.55. The van der Waals surface area contributed by atoms with Crippen LogP contribution in [0.15, 0.2) is 60.9 Å². The molecule has 1 atom stereocenters. The summed E-state index contributed by atoms with van der Waals surface area (Å²) in [5.74, 6) is 1.71. The number of nitrogens with zero attached hydrogens (tertiary/aromatic N) is 4. The fourth-order valence-corrected chi connectivity index (χ4v) is 3.82. The fraction of sp³-hybridized carbons (Fsp3) is 0.333. The Labute approximate surface area is 177 Å². The maximum absolute atomic E-state index is 12.8. The van der Waals surface area contributed by atoms with Gasteiger partial charge in [0.1, 0.15) is 5.82 Å². The summed E-state index contributed by atoms with van der Waals surface area (Å²) >= 11 is 0. The normalized spacial score (nSPS) is 16.3. The molecule has 6 heteroatoms. The summed E-state index contributed by atoms with van der Waals surface area (Å²) in [6, 6.07) is 16.1. The van der Waals surface area contributed by atoms with Gasteiger partial charge < -0.3 is 10.2 Å². The highest BCUT2D eigenvalue weighted by molar-refractivity contribution is 5.76. The van der Waals surface area contributed by atoms with Gasteiger partial charge in [0.15, 0.2) is 0 Å². The van der Waals surface area contributed by atoms with Gasteiger partial charge in [-0.3, -0.25) is 4.79 Å². The highest BCUT2D eigenvalue weighted by atomic mass is 16.2. The zero-order valence-corrected chi connectivity index (χ0v) is 17.3. The lowest BCUT2D eigenvalue weighted by molar-refractivity contribution is -0.132. The Bertz CT molecular complexity index is 974. The number of amides is 1. The average molecular weight is 402 g/mol. The van der Waals surface area contributed by atoms with Crippen LogP contribution in [-0.4, -0.2) is 38.8 Å². The second-order valence-electron chi connectivity index (χ2n) is 7.82. The van der Waals surface area contributed by atoms with Crippen LogP contribution in [0.4, 0.5) is 11.8 Å². The molecule has 1 unspecified atom stereocenters. The zero-order valence-electron chi connectivity index (χ0n) is 17.3. The summed E-state index contributed by atoms with van der Waals surface area (Å²) < 4.78 is 0. The molecule has 3 heterocycles. The molecule has 0 radical (unpaired) electrons. The van der Waals surface area contributed by atoms with E-state index in [9.17, 15) is 4.79 Å². The van der Waals surface area contributed by atoms with E-state index in [1.165, 1.54) is 5.56 Å². The lowest BCUT2D eigenvalue weighted by Crippen LogP contribution is -2.39. The van der Waals surface area contributed by atoms with Crippen LogP contribution >= 0.6 is 0 Å². The van der Waals surface area contributed by atoms with Gasteiger partial charge in [-0.25, -0.2) is 15.0 Å². The van der Waals surface area contributed by atoms with Gasteiger partial charge in [-0.2, -0.15) is 0 Å². The van der Waals surface area contributed by atoms with E-state index in [1.54, 1.807) is 6.20 Å². The molecule has 1 N–H and O–H groups in total. The van der Waals surface area contributed by atoms with Crippen LogP contribution < -0.4 is 5.32 Å². The lowest BCUT2D eigenvalue weighted by Gasteiger charge is -2.32. The van der Waals surface area contributed by atoms with Crippen molar-refractivity contribution >= 4 is 17.7 Å². The maximum atomic E-state index is 12.8. The molecule has 1 aliphatic rings. The molecule has 0 bridgehead atoms. The first kappa shape index (κ1) is 20.0. The van der Waals surface area contributed by atoms with E-state index in [-0.39, 0.29) is 11.8 Å². The summed E-state index contributed by atoms with van der Waals surface area (Å²) in [5, 5.41) is 3.17.